The monoisotopic (exact) mass is 408 g/mol. The summed E-state index contributed by atoms with van der Waals surface area (Å²) in [5.74, 6) is 1.36. The molecular weight excluding hydrogens is 376 g/mol. The highest BCUT2D eigenvalue weighted by Crippen LogP contribution is 2.35. The molecule has 2 aliphatic rings. The highest BCUT2D eigenvalue weighted by Gasteiger charge is 2.32. The quantitative estimate of drug-likeness (QED) is 0.689. The molecule has 0 spiro atoms. The molecule has 2 fully saturated rings. The van der Waals surface area contributed by atoms with Crippen molar-refractivity contribution in [2.75, 3.05) is 11.9 Å². The van der Waals surface area contributed by atoms with E-state index in [1.54, 1.807) is 12.1 Å². The van der Waals surface area contributed by atoms with Crippen molar-refractivity contribution in [3.05, 3.63) is 24.3 Å². The lowest BCUT2D eigenvalue weighted by molar-refractivity contribution is -0.126. The standard InChI is InChI=1S/C21H32N2O4S/c1-14(2)19-10-7-15(3)11-20(19)27-13-21(24)22-17-5-4-6-18(12-17)28(25,26)23-16-8-9-16/h4-6,12,14-16,19-20,23H,7-11,13H2,1-3H3,(H,22,24)/t15-,19-,20-/m1/s1. The molecule has 2 aliphatic carbocycles. The molecule has 7 heteroatoms. The molecule has 2 N–H and O–H groups in total. The van der Waals surface area contributed by atoms with Crippen molar-refractivity contribution >= 4 is 21.6 Å². The first-order valence-electron chi connectivity index (χ1n) is 10.3. The Morgan fingerprint density at radius 1 is 1.21 bits per heavy atom. The van der Waals surface area contributed by atoms with E-state index in [9.17, 15) is 13.2 Å². The smallest absolute Gasteiger partial charge is 0.250 e. The first-order chi connectivity index (χ1) is 13.2. The summed E-state index contributed by atoms with van der Waals surface area (Å²) in [6, 6.07) is 6.39. The summed E-state index contributed by atoms with van der Waals surface area (Å²) >= 11 is 0. The summed E-state index contributed by atoms with van der Waals surface area (Å²) in [5.41, 5.74) is 0.463. The van der Waals surface area contributed by atoms with Gasteiger partial charge in [-0.05, 0) is 61.6 Å². The molecular formula is C21H32N2O4S. The van der Waals surface area contributed by atoms with Gasteiger partial charge in [0.15, 0.2) is 0 Å². The summed E-state index contributed by atoms with van der Waals surface area (Å²) in [7, 11) is -3.54. The van der Waals surface area contributed by atoms with Crippen molar-refractivity contribution in [1.29, 1.82) is 0 Å². The molecule has 0 heterocycles. The number of ether oxygens (including phenoxy) is 1. The lowest BCUT2D eigenvalue weighted by Gasteiger charge is -2.37. The number of hydrogen-bond acceptors (Lipinski definition) is 4. The molecule has 0 radical (unpaired) electrons. The molecule has 1 amide bonds. The second-order valence-electron chi connectivity index (χ2n) is 8.65. The van der Waals surface area contributed by atoms with E-state index in [1.807, 2.05) is 0 Å². The molecule has 1 aromatic rings. The molecule has 2 saturated carbocycles. The molecule has 3 atom stereocenters. The van der Waals surface area contributed by atoms with E-state index in [0.717, 1.165) is 25.7 Å². The van der Waals surface area contributed by atoms with Crippen molar-refractivity contribution < 1.29 is 17.9 Å². The van der Waals surface area contributed by atoms with Gasteiger partial charge >= 0.3 is 0 Å². The average Bonchev–Trinajstić information content (AvgIpc) is 3.43. The number of benzene rings is 1. The number of nitrogens with one attached hydrogen (secondary N) is 2. The van der Waals surface area contributed by atoms with Gasteiger partial charge in [0, 0.05) is 11.7 Å². The summed E-state index contributed by atoms with van der Waals surface area (Å²) in [6.07, 6.45) is 5.19. The average molecular weight is 409 g/mol. The Kier molecular flexibility index (Phi) is 6.78. The van der Waals surface area contributed by atoms with Gasteiger partial charge in [-0.2, -0.15) is 0 Å². The van der Waals surface area contributed by atoms with E-state index in [-0.39, 0.29) is 29.6 Å². The molecule has 0 aliphatic heterocycles. The third-order valence-electron chi connectivity index (χ3n) is 5.72. The zero-order valence-electron chi connectivity index (χ0n) is 17.0. The maximum Gasteiger partial charge on any atom is 0.250 e. The fourth-order valence-corrected chi connectivity index (χ4v) is 5.27. The molecule has 0 saturated heterocycles. The Bertz CT molecular complexity index is 789. The van der Waals surface area contributed by atoms with Crippen LogP contribution in [-0.2, 0) is 19.6 Å². The largest absolute Gasteiger partial charge is 0.368 e. The third-order valence-corrected chi connectivity index (χ3v) is 7.24. The SMILES string of the molecule is CC(C)[C@H]1CC[C@@H](C)C[C@H]1OCC(=O)Nc1cccc(S(=O)(=O)NC2CC2)c1. The normalized spacial score (nSPS) is 25.6. The number of carbonyl (C=O) groups is 1. The van der Waals surface area contributed by atoms with E-state index in [4.69, 9.17) is 4.74 Å². The van der Waals surface area contributed by atoms with Crippen molar-refractivity contribution in [3.63, 3.8) is 0 Å². The van der Waals surface area contributed by atoms with Gasteiger partial charge in [0.05, 0.1) is 11.0 Å². The van der Waals surface area contributed by atoms with Crippen molar-refractivity contribution in [2.45, 2.75) is 69.9 Å². The predicted octanol–water partition coefficient (Wildman–Crippen LogP) is 3.54. The molecule has 3 rings (SSSR count). The first-order valence-corrected chi connectivity index (χ1v) is 11.8. The van der Waals surface area contributed by atoms with Crippen LogP contribution < -0.4 is 10.0 Å². The summed E-state index contributed by atoms with van der Waals surface area (Å²) in [4.78, 5) is 12.5. The van der Waals surface area contributed by atoms with E-state index in [2.05, 4.69) is 30.8 Å². The van der Waals surface area contributed by atoms with Crippen molar-refractivity contribution in [1.82, 2.24) is 4.72 Å². The fraction of sp³-hybridized carbons (Fsp3) is 0.667. The molecule has 0 aromatic heterocycles. The van der Waals surface area contributed by atoms with Gasteiger partial charge in [-0.3, -0.25) is 4.79 Å². The second-order valence-corrected chi connectivity index (χ2v) is 10.4. The lowest BCUT2D eigenvalue weighted by Crippen LogP contribution is -2.36. The number of sulfonamides is 1. The van der Waals surface area contributed by atoms with Crippen LogP contribution in [0.3, 0.4) is 0 Å². The highest BCUT2D eigenvalue weighted by molar-refractivity contribution is 7.89. The van der Waals surface area contributed by atoms with Crippen LogP contribution in [-0.4, -0.2) is 33.1 Å². The van der Waals surface area contributed by atoms with Gasteiger partial charge < -0.3 is 10.1 Å². The van der Waals surface area contributed by atoms with Gasteiger partial charge in [-0.15, -0.1) is 0 Å². The van der Waals surface area contributed by atoms with Gasteiger partial charge in [0.1, 0.15) is 6.61 Å². The van der Waals surface area contributed by atoms with Gasteiger partial charge in [0.2, 0.25) is 15.9 Å². The first kappa shape index (κ1) is 21.3. The van der Waals surface area contributed by atoms with Crippen molar-refractivity contribution in [3.8, 4) is 0 Å². The maximum absolute atomic E-state index is 12.4. The molecule has 0 unspecified atom stereocenters. The van der Waals surface area contributed by atoms with Crippen molar-refractivity contribution in [2.24, 2.45) is 17.8 Å². The lowest BCUT2D eigenvalue weighted by atomic mass is 9.75. The van der Waals surface area contributed by atoms with Crippen LogP contribution >= 0.6 is 0 Å². The summed E-state index contributed by atoms with van der Waals surface area (Å²) < 4.78 is 33.3. The van der Waals surface area contributed by atoms with Gasteiger partial charge in [-0.25, -0.2) is 13.1 Å². The van der Waals surface area contributed by atoms with Crippen LogP contribution in [0.25, 0.3) is 0 Å². The van der Waals surface area contributed by atoms with Crippen LogP contribution in [0.4, 0.5) is 5.69 Å². The zero-order chi connectivity index (χ0) is 20.3. The predicted molar refractivity (Wildman–Crippen MR) is 109 cm³/mol. The molecule has 0 bridgehead atoms. The van der Waals surface area contributed by atoms with Gasteiger partial charge in [-0.1, -0.05) is 33.3 Å². The number of carbonyl (C=O) groups excluding carboxylic acids is 1. The molecule has 28 heavy (non-hydrogen) atoms. The van der Waals surface area contributed by atoms with Crippen LogP contribution in [0.1, 0.15) is 52.9 Å². The van der Waals surface area contributed by atoms with E-state index in [1.165, 1.54) is 18.6 Å². The number of rotatable bonds is 8. The maximum atomic E-state index is 12.4. The van der Waals surface area contributed by atoms with E-state index in [0.29, 0.717) is 23.4 Å². The van der Waals surface area contributed by atoms with E-state index >= 15 is 0 Å². The topological polar surface area (TPSA) is 84.5 Å². The Morgan fingerprint density at radius 3 is 2.64 bits per heavy atom. The minimum atomic E-state index is -3.54. The molecule has 6 nitrogen and oxygen atoms in total. The summed E-state index contributed by atoms with van der Waals surface area (Å²) in [6.45, 7) is 6.63. The summed E-state index contributed by atoms with van der Waals surface area (Å²) in [5, 5.41) is 2.76. The number of amides is 1. The van der Waals surface area contributed by atoms with E-state index < -0.39 is 10.0 Å². The Labute approximate surface area is 168 Å². The van der Waals surface area contributed by atoms with Crippen LogP contribution in [0.5, 0.6) is 0 Å². The molecule has 156 valence electrons. The number of hydrogen-bond donors (Lipinski definition) is 2. The minimum Gasteiger partial charge on any atom is -0.368 e. The second kappa shape index (κ2) is 8.93. The Hall–Kier alpha value is -1.44. The van der Waals surface area contributed by atoms with Crippen LogP contribution in [0, 0.1) is 17.8 Å². The molecule has 1 aromatic carbocycles. The fourth-order valence-electron chi connectivity index (χ4n) is 3.92. The zero-order valence-corrected chi connectivity index (χ0v) is 17.8. The number of anilines is 1. The third kappa shape index (κ3) is 5.78. The Balaban J connectivity index is 1.56. The highest BCUT2D eigenvalue weighted by atomic mass is 32.2. The minimum absolute atomic E-state index is 0.0160. The Morgan fingerprint density at radius 2 is 1.96 bits per heavy atom. The van der Waals surface area contributed by atoms with Crippen LogP contribution in [0.15, 0.2) is 29.2 Å². The van der Waals surface area contributed by atoms with Gasteiger partial charge in [0.25, 0.3) is 0 Å². The van der Waals surface area contributed by atoms with Crippen LogP contribution in [0.2, 0.25) is 0 Å².